The maximum Gasteiger partial charge on any atom is 0.128 e. The van der Waals surface area contributed by atoms with Gasteiger partial charge in [0, 0.05) is 0 Å². The minimum absolute atomic E-state index is 0.120. The Hall–Kier alpha value is -0.580. The van der Waals surface area contributed by atoms with E-state index in [-0.39, 0.29) is 18.3 Å². The number of allylic oxidation sites excluding steroid dienone is 1. The van der Waals surface area contributed by atoms with Crippen LogP contribution in [0.3, 0.4) is 0 Å². The summed E-state index contributed by atoms with van der Waals surface area (Å²) >= 11 is 0. The number of nitrogens with two attached hydrogens (primary N) is 1. The molecule has 1 unspecified atom stereocenters. The highest BCUT2D eigenvalue weighted by molar-refractivity contribution is 5.03. The van der Waals surface area contributed by atoms with Crippen molar-refractivity contribution in [1.82, 2.24) is 0 Å². The molecule has 0 aliphatic rings. The van der Waals surface area contributed by atoms with Gasteiger partial charge in [0.1, 0.15) is 11.9 Å². The van der Waals surface area contributed by atoms with Crippen LogP contribution in [0.15, 0.2) is 11.8 Å². The molecule has 0 aromatic carbocycles. The lowest BCUT2D eigenvalue weighted by molar-refractivity contribution is 0.0977. The van der Waals surface area contributed by atoms with Gasteiger partial charge in [-0.1, -0.05) is 71.6 Å². The molecule has 0 bridgehead atoms. The lowest BCUT2D eigenvalue weighted by atomic mass is 9.99. The van der Waals surface area contributed by atoms with Gasteiger partial charge in [-0.25, -0.2) is 0 Å². The molecule has 0 aromatic rings. The van der Waals surface area contributed by atoms with Gasteiger partial charge in [0.05, 0.1) is 12.6 Å². The SMILES string of the molecule is CCCCCCCCCCCC(C)/C=C(\O)[C@@H](O)[C@@H](N)CO. The summed E-state index contributed by atoms with van der Waals surface area (Å²) in [6.45, 7) is 3.92. The molecule has 0 fully saturated rings. The molecule has 0 saturated heterocycles. The third-order valence-electron chi connectivity index (χ3n) is 4.14. The first-order chi connectivity index (χ1) is 10.5. The van der Waals surface area contributed by atoms with Gasteiger partial charge < -0.3 is 21.1 Å². The van der Waals surface area contributed by atoms with Crippen molar-refractivity contribution < 1.29 is 15.3 Å². The van der Waals surface area contributed by atoms with Crippen LogP contribution in [0.5, 0.6) is 0 Å². The van der Waals surface area contributed by atoms with E-state index in [1.807, 2.05) is 6.92 Å². The van der Waals surface area contributed by atoms with Crippen LogP contribution in [0.4, 0.5) is 0 Å². The van der Waals surface area contributed by atoms with Crippen LogP contribution in [0, 0.1) is 5.92 Å². The average molecular weight is 315 g/mol. The first-order valence-corrected chi connectivity index (χ1v) is 8.98. The van der Waals surface area contributed by atoms with Crippen molar-refractivity contribution in [3.8, 4) is 0 Å². The molecule has 4 heteroatoms. The lowest BCUT2D eigenvalue weighted by Gasteiger charge is -2.17. The predicted octanol–water partition coefficient (Wildman–Crippen LogP) is 3.67. The zero-order valence-corrected chi connectivity index (χ0v) is 14.5. The van der Waals surface area contributed by atoms with Crippen LogP contribution in [0.25, 0.3) is 0 Å². The molecular weight excluding hydrogens is 278 g/mol. The molecule has 0 rings (SSSR count). The molecule has 0 radical (unpaired) electrons. The first kappa shape index (κ1) is 21.4. The quantitative estimate of drug-likeness (QED) is 0.291. The van der Waals surface area contributed by atoms with Crippen molar-refractivity contribution in [2.24, 2.45) is 11.7 Å². The van der Waals surface area contributed by atoms with Gasteiger partial charge in [-0.2, -0.15) is 0 Å². The molecule has 132 valence electrons. The summed E-state index contributed by atoms with van der Waals surface area (Å²) < 4.78 is 0. The van der Waals surface area contributed by atoms with Crippen molar-refractivity contribution in [2.45, 2.75) is 90.2 Å². The van der Waals surface area contributed by atoms with Gasteiger partial charge in [0.2, 0.25) is 0 Å². The Morgan fingerprint density at radius 1 is 1.00 bits per heavy atom. The third-order valence-corrected chi connectivity index (χ3v) is 4.14. The fourth-order valence-electron chi connectivity index (χ4n) is 2.57. The normalized spacial score (nSPS) is 16.5. The number of hydrogen-bond acceptors (Lipinski definition) is 4. The van der Waals surface area contributed by atoms with Crippen LogP contribution in [-0.2, 0) is 0 Å². The van der Waals surface area contributed by atoms with Gasteiger partial charge in [0.15, 0.2) is 0 Å². The molecule has 3 atom stereocenters. The number of hydrogen-bond donors (Lipinski definition) is 4. The van der Waals surface area contributed by atoms with Gasteiger partial charge in [0.25, 0.3) is 0 Å². The van der Waals surface area contributed by atoms with Crippen molar-refractivity contribution in [2.75, 3.05) is 6.61 Å². The minimum atomic E-state index is -1.17. The lowest BCUT2D eigenvalue weighted by Crippen LogP contribution is -2.39. The highest BCUT2D eigenvalue weighted by Gasteiger charge is 2.18. The van der Waals surface area contributed by atoms with E-state index in [9.17, 15) is 10.2 Å². The van der Waals surface area contributed by atoms with E-state index in [4.69, 9.17) is 10.8 Å². The van der Waals surface area contributed by atoms with E-state index in [1.165, 1.54) is 51.4 Å². The molecule has 0 amide bonds. The zero-order chi connectivity index (χ0) is 16.8. The average Bonchev–Trinajstić information content (AvgIpc) is 2.51. The van der Waals surface area contributed by atoms with E-state index >= 15 is 0 Å². The third kappa shape index (κ3) is 11.0. The largest absolute Gasteiger partial charge is 0.510 e. The van der Waals surface area contributed by atoms with Gasteiger partial charge >= 0.3 is 0 Å². The van der Waals surface area contributed by atoms with Crippen LogP contribution in [0.1, 0.15) is 78.1 Å². The van der Waals surface area contributed by atoms with E-state index < -0.39 is 12.1 Å². The van der Waals surface area contributed by atoms with Crippen molar-refractivity contribution in [3.63, 3.8) is 0 Å². The van der Waals surface area contributed by atoms with Gasteiger partial charge in [-0.15, -0.1) is 0 Å². The Balaban J connectivity index is 3.66. The molecule has 0 aliphatic heterocycles. The molecule has 0 spiro atoms. The number of aliphatic hydroxyl groups is 3. The Labute approximate surface area is 136 Å². The monoisotopic (exact) mass is 315 g/mol. The fourth-order valence-corrected chi connectivity index (χ4v) is 2.57. The summed E-state index contributed by atoms with van der Waals surface area (Å²) in [4.78, 5) is 0. The number of unbranched alkanes of at least 4 members (excludes halogenated alkanes) is 8. The smallest absolute Gasteiger partial charge is 0.128 e. The summed E-state index contributed by atoms with van der Waals surface area (Å²) in [6.07, 6.45) is 13.2. The molecule has 22 heavy (non-hydrogen) atoms. The molecule has 5 N–H and O–H groups in total. The summed E-state index contributed by atoms with van der Waals surface area (Å²) in [5.41, 5.74) is 5.49. The summed E-state index contributed by atoms with van der Waals surface area (Å²) in [5.74, 6) is 0.0927. The molecule has 0 aliphatic carbocycles. The Morgan fingerprint density at radius 2 is 1.50 bits per heavy atom. The second kappa shape index (κ2) is 14.0. The van der Waals surface area contributed by atoms with Crippen LogP contribution in [0.2, 0.25) is 0 Å². The second-order valence-electron chi connectivity index (χ2n) is 6.48. The highest BCUT2D eigenvalue weighted by atomic mass is 16.3. The molecule has 4 nitrogen and oxygen atoms in total. The van der Waals surface area contributed by atoms with Crippen molar-refractivity contribution in [1.29, 1.82) is 0 Å². The van der Waals surface area contributed by atoms with Gasteiger partial charge in [-0.05, 0) is 18.4 Å². The molecule has 0 saturated carbocycles. The van der Waals surface area contributed by atoms with Crippen molar-refractivity contribution in [3.05, 3.63) is 11.8 Å². The summed E-state index contributed by atoms with van der Waals surface area (Å²) in [6, 6.07) is -0.823. The van der Waals surface area contributed by atoms with Crippen molar-refractivity contribution >= 4 is 0 Å². The molecule has 0 aromatic heterocycles. The van der Waals surface area contributed by atoms with Crippen LogP contribution >= 0.6 is 0 Å². The second-order valence-corrected chi connectivity index (χ2v) is 6.48. The number of rotatable bonds is 14. The van der Waals surface area contributed by atoms with E-state index in [2.05, 4.69) is 6.92 Å². The standard InChI is InChI=1S/C18H37NO3/c1-3-4-5-6-7-8-9-10-11-12-15(2)13-17(21)18(22)16(19)14-20/h13,15-16,18,20-22H,3-12,14,19H2,1-2H3/b17-13-/t15?,16-,18-/m0/s1. The number of aliphatic hydroxyl groups excluding tert-OH is 3. The van der Waals surface area contributed by atoms with Gasteiger partial charge in [-0.3, -0.25) is 0 Å². The Kier molecular flexibility index (Phi) is 13.7. The maximum atomic E-state index is 9.75. The maximum absolute atomic E-state index is 9.75. The zero-order valence-electron chi connectivity index (χ0n) is 14.5. The minimum Gasteiger partial charge on any atom is -0.510 e. The molecular formula is C18H37NO3. The van der Waals surface area contributed by atoms with Crippen LogP contribution in [-0.4, -0.2) is 34.1 Å². The molecule has 0 heterocycles. The topological polar surface area (TPSA) is 86.7 Å². The van der Waals surface area contributed by atoms with Crippen LogP contribution < -0.4 is 5.73 Å². The van der Waals surface area contributed by atoms with E-state index in [0.717, 1.165) is 12.8 Å². The first-order valence-electron chi connectivity index (χ1n) is 8.98. The summed E-state index contributed by atoms with van der Waals surface area (Å²) in [7, 11) is 0. The highest BCUT2D eigenvalue weighted by Crippen LogP contribution is 2.16. The Bertz CT molecular complexity index is 282. The van der Waals surface area contributed by atoms with E-state index in [1.54, 1.807) is 6.08 Å². The predicted molar refractivity (Wildman–Crippen MR) is 92.8 cm³/mol. The Morgan fingerprint density at radius 3 is 2.00 bits per heavy atom. The van der Waals surface area contributed by atoms with E-state index in [0.29, 0.717) is 0 Å². The fraction of sp³-hybridized carbons (Fsp3) is 0.889. The summed E-state index contributed by atoms with van der Waals surface area (Å²) in [5, 5.41) is 28.3.